The van der Waals surface area contributed by atoms with Gasteiger partial charge in [-0.25, -0.2) is 0 Å². The number of ether oxygens (including phenoxy) is 1. The third-order valence-electron chi connectivity index (χ3n) is 4.87. The van der Waals surface area contributed by atoms with E-state index >= 15 is 0 Å². The molecule has 2 aromatic heterocycles. The van der Waals surface area contributed by atoms with Crippen molar-refractivity contribution in [1.29, 1.82) is 0 Å². The summed E-state index contributed by atoms with van der Waals surface area (Å²) in [7, 11) is 1.54. The SMILES string of the molecule is COc1ccccc1NC(=O)c1ccc(NC(=O)c2sc(NC(=O)c3ccco3)cc2C)cc1. The topological polar surface area (TPSA) is 110 Å². The van der Waals surface area contributed by atoms with Crippen LogP contribution in [0.3, 0.4) is 0 Å². The first-order chi connectivity index (χ1) is 16.4. The highest BCUT2D eigenvalue weighted by atomic mass is 32.1. The van der Waals surface area contributed by atoms with Crippen molar-refractivity contribution in [2.24, 2.45) is 0 Å². The Kier molecular flexibility index (Phi) is 6.74. The van der Waals surface area contributed by atoms with Crippen LogP contribution in [0.25, 0.3) is 0 Å². The maximum atomic E-state index is 12.8. The van der Waals surface area contributed by atoms with Crippen LogP contribution in [-0.2, 0) is 0 Å². The summed E-state index contributed by atoms with van der Waals surface area (Å²) in [6, 6.07) is 18.6. The molecule has 172 valence electrons. The van der Waals surface area contributed by atoms with Crippen molar-refractivity contribution < 1.29 is 23.5 Å². The number of para-hydroxylation sites is 2. The maximum Gasteiger partial charge on any atom is 0.291 e. The van der Waals surface area contributed by atoms with E-state index in [9.17, 15) is 14.4 Å². The molecule has 0 saturated carbocycles. The Morgan fingerprint density at radius 1 is 0.853 bits per heavy atom. The number of methoxy groups -OCH3 is 1. The molecule has 4 aromatic rings. The smallest absolute Gasteiger partial charge is 0.291 e. The molecule has 2 heterocycles. The minimum Gasteiger partial charge on any atom is -0.495 e. The minimum absolute atomic E-state index is 0.187. The van der Waals surface area contributed by atoms with Crippen LogP contribution in [0.5, 0.6) is 5.75 Å². The highest BCUT2D eigenvalue weighted by Crippen LogP contribution is 2.28. The van der Waals surface area contributed by atoms with Gasteiger partial charge in [0.15, 0.2) is 5.76 Å². The number of thiophene rings is 1. The number of carbonyl (C=O) groups is 3. The fraction of sp³-hybridized carbons (Fsp3) is 0.0800. The standard InChI is InChI=1S/C25H21N3O5S/c1-15-14-21(28-24(30)20-8-5-13-33-20)34-22(15)25(31)26-17-11-9-16(10-12-17)23(29)27-18-6-3-4-7-19(18)32-2/h3-14H,1-2H3,(H,26,31)(H,27,29)(H,28,30). The van der Waals surface area contributed by atoms with E-state index in [4.69, 9.17) is 9.15 Å². The van der Waals surface area contributed by atoms with Gasteiger partial charge in [0.1, 0.15) is 5.75 Å². The summed E-state index contributed by atoms with van der Waals surface area (Å²) < 4.78 is 10.3. The van der Waals surface area contributed by atoms with Gasteiger partial charge in [-0.1, -0.05) is 12.1 Å². The molecule has 2 aromatic carbocycles. The van der Waals surface area contributed by atoms with Gasteiger partial charge in [0.05, 0.1) is 28.9 Å². The highest BCUT2D eigenvalue weighted by Gasteiger charge is 2.17. The van der Waals surface area contributed by atoms with Crippen LogP contribution >= 0.6 is 11.3 Å². The summed E-state index contributed by atoms with van der Waals surface area (Å²) >= 11 is 1.16. The van der Waals surface area contributed by atoms with E-state index in [-0.39, 0.29) is 23.5 Å². The van der Waals surface area contributed by atoms with E-state index in [1.165, 1.54) is 13.4 Å². The zero-order chi connectivity index (χ0) is 24.1. The Morgan fingerprint density at radius 2 is 1.62 bits per heavy atom. The van der Waals surface area contributed by atoms with E-state index in [0.717, 1.165) is 16.9 Å². The summed E-state index contributed by atoms with van der Waals surface area (Å²) in [5.41, 5.74) is 2.26. The van der Waals surface area contributed by atoms with Crippen molar-refractivity contribution in [1.82, 2.24) is 0 Å². The lowest BCUT2D eigenvalue weighted by atomic mass is 10.1. The van der Waals surface area contributed by atoms with Gasteiger partial charge in [-0.15, -0.1) is 11.3 Å². The molecule has 34 heavy (non-hydrogen) atoms. The first-order valence-electron chi connectivity index (χ1n) is 10.3. The number of furan rings is 1. The molecule has 0 aliphatic heterocycles. The van der Waals surface area contributed by atoms with E-state index < -0.39 is 0 Å². The minimum atomic E-state index is -0.389. The van der Waals surface area contributed by atoms with Gasteiger partial charge in [-0.2, -0.15) is 0 Å². The summed E-state index contributed by atoms with van der Waals surface area (Å²) in [6.45, 7) is 1.79. The molecule has 0 aliphatic rings. The molecule has 0 bridgehead atoms. The Hall–Kier alpha value is -4.37. The lowest BCUT2D eigenvalue weighted by Gasteiger charge is -2.10. The number of nitrogens with one attached hydrogen (secondary N) is 3. The van der Waals surface area contributed by atoms with Gasteiger partial charge >= 0.3 is 0 Å². The summed E-state index contributed by atoms with van der Waals surface area (Å²) in [6.07, 6.45) is 1.42. The third kappa shape index (κ3) is 5.16. The van der Waals surface area contributed by atoms with Crippen molar-refractivity contribution in [2.45, 2.75) is 6.92 Å². The first-order valence-corrected chi connectivity index (χ1v) is 11.1. The second-order valence-electron chi connectivity index (χ2n) is 7.24. The number of anilines is 3. The van der Waals surface area contributed by atoms with Crippen molar-refractivity contribution in [3.63, 3.8) is 0 Å². The monoisotopic (exact) mass is 475 g/mol. The van der Waals surface area contributed by atoms with Crippen LogP contribution in [0.15, 0.2) is 77.4 Å². The number of amides is 3. The number of carbonyl (C=O) groups excluding carboxylic acids is 3. The zero-order valence-electron chi connectivity index (χ0n) is 18.4. The number of benzene rings is 2. The van der Waals surface area contributed by atoms with Crippen molar-refractivity contribution in [3.05, 3.63) is 94.8 Å². The van der Waals surface area contributed by atoms with Crippen LogP contribution in [0.2, 0.25) is 0 Å². The number of hydrogen-bond acceptors (Lipinski definition) is 6. The normalized spacial score (nSPS) is 10.4. The zero-order valence-corrected chi connectivity index (χ0v) is 19.2. The molecule has 0 saturated heterocycles. The second-order valence-corrected chi connectivity index (χ2v) is 8.29. The summed E-state index contributed by atoms with van der Waals surface area (Å²) in [4.78, 5) is 38.0. The van der Waals surface area contributed by atoms with Gasteiger partial charge in [-0.3, -0.25) is 14.4 Å². The average molecular weight is 476 g/mol. The molecule has 0 fully saturated rings. The summed E-state index contributed by atoms with van der Waals surface area (Å²) in [5, 5.41) is 8.88. The molecule has 8 nitrogen and oxygen atoms in total. The lowest BCUT2D eigenvalue weighted by Crippen LogP contribution is -2.14. The molecule has 0 atom stereocenters. The second kappa shape index (κ2) is 10.1. The van der Waals surface area contributed by atoms with E-state index in [1.807, 2.05) is 6.07 Å². The van der Waals surface area contributed by atoms with Gasteiger partial charge in [-0.05, 0) is 67.1 Å². The molecular formula is C25H21N3O5S. The van der Waals surface area contributed by atoms with Crippen LogP contribution in [0.4, 0.5) is 16.4 Å². The predicted molar refractivity (Wildman–Crippen MR) is 131 cm³/mol. The number of rotatable bonds is 7. The van der Waals surface area contributed by atoms with E-state index in [2.05, 4.69) is 16.0 Å². The van der Waals surface area contributed by atoms with Crippen LogP contribution < -0.4 is 20.7 Å². The predicted octanol–water partition coefficient (Wildman–Crippen LogP) is 5.42. The van der Waals surface area contributed by atoms with Gasteiger partial charge in [0.25, 0.3) is 17.7 Å². The Bertz CT molecular complexity index is 1330. The first kappa shape index (κ1) is 22.8. The largest absolute Gasteiger partial charge is 0.495 e. The molecular weight excluding hydrogens is 454 g/mol. The third-order valence-corrected chi connectivity index (χ3v) is 6.02. The molecule has 3 N–H and O–H groups in total. The van der Waals surface area contributed by atoms with Crippen molar-refractivity contribution in [2.75, 3.05) is 23.1 Å². The van der Waals surface area contributed by atoms with Crippen molar-refractivity contribution in [3.8, 4) is 5.75 Å². The van der Waals surface area contributed by atoms with Gasteiger partial charge in [0, 0.05) is 11.3 Å². The molecule has 3 amide bonds. The van der Waals surface area contributed by atoms with E-state index in [0.29, 0.717) is 32.6 Å². The van der Waals surface area contributed by atoms with E-state index in [1.54, 1.807) is 67.6 Å². The Morgan fingerprint density at radius 3 is 2.32 bits per heavy atom. The average Bonchev–Trinajstić information content (AvgIpc) is 3.50. The molecule has 0 aliphatic carbocycles. The number of aryl methyl sites for hydroxylation is 1. The molecule has 9 heteroatoms. The van der Waals surface area contributed by atoms with Crippen molar-refractivity contribution >= 4 is 45.4 Å². The maximum absolute atomic E-state index is 12.8. The molecule has 4 rings (SSSR count). The van der Waals surface area contributed by atoms with Gasteiger partial charge in [0.2, 0.25) is 0 Å². The van der Waals surface area contributed by atoms with Crippen LogP contribution in [0, 0.1) is 6.92 Å². The highest BCUT2D eigenvalue weighted by molar-refractivity contribution is 7.18. The molecule has 0 radical (unpaired) electrons. The quantitative estimate of drug-likeness (QED) is 0.331. The fourth-order valence-electron chi connectivity index (χ4n) is 3.19. The van der Waals surface area contributed by atoms with Crippen LogP contribution in [-0.4, -0.2) is 24.8 Å². The molecule has 0 unspecified atom stereocenters. The molecule has 0 spiro atoms. The lowest BCUT2D eigenvalue weighted by molar-refractivity contribution is 0.0993. The Balaban J connectivity index is 1.39. The van der Waals surface area contributed by atoms with Crippen LogP contribution in [0.1, 0.15) is 36.1 Å². The summed E-state index contributed by atoms with van der Waals surface area (Å²) in [5.74, 6) is -0.251. The number of hydrogen-bond donors (Lipinski definition) is 3. The van der Waals surface area contributed by atoms with Gasteiger partial charge < -0.3 is 25.1 Å². The fourth-order valence-corrected chi connectivity index (χ4v) is 4.15. The Labute approximate surface area is 199 Å².